The first-order chi connectivity index (χ1) is 10.6. The van der Waals surface area contributed by atoms with Crippen molar-refractivity contribution >= 4 is 35.2 Å². The predicted octanol–water partition coefficient (Wildman–Crippen LogP) is 3.72. The van der Waals surface area contributed by atoms with Gasteiger partial charge < -0.3 is 5.32 Å². The minimum atomic E-state index is -0.144. The number of carbonyl (C=O) groups is 1. The van der Waals surface area contributed by atoms with Gasteiger partial charge in [-0.1, -0.05) is 41.4 Å². The van der Waals surface area contributed by atoms with Crippen LogP contribution in [0.15, 0.2) is 36.5 Å². The molecule has 1 amide bonds. The molecule has 0 aliphatic rings. The zero-order valence-corrected chi connectivity index (χ0v) is 13.7. The fraction of sp³-hybridized carbons (Fsp3) is 0.250. The molecule has 116 valence electrons. The van der Waals surface area contributed by atoms with E-state index in [0.717, 1.165) is 17.7 Å². The molecule has 22 heavy (non-hydrogen) atoms. The second-order valence-corrected chi connectivity index (χ2v) is 5.64. The van der Waals surface area contributed by atoms with Crippen LogP contribution >= 0.6 is 23.2 Å². The average molecular weight is 338 g/mol. The number of rotatable bonds is 6. The second-order valence-electron chi connectivity index (χ2n) is 4.82. The van der Waals surface area contributed by atoms with Crippen LogP contribution in [-0.4, -0.2) is 22.2 Å². The van der Waals surface area contributed by atoms with Crippen LogP contribution in [-0.2, 0) is 11.3 Å². The third kappa shape index (κ3) is 4.90. The molecule has 1 heterocycles. The van der Waals surface area contributed by atoms with Crippen molar-refractivity contribution in [1.29, 1.82) is 0 Å². The van der Waals surface area contributed by atoms with Crippen molar-refractivity contribution < 1.29 is 4.79 Å². The number of hydrogen-bond donors (Lipinski definition) is 1. The Bertz CT molecular complexity index is 660. The van der Waals surface area contributed by atoms with E-state index in [4.69, 9.17) is 23.2 Å². The SMILES string of the molecule is Cc1nn(CCCNC(=O)/C=C/c2ccccc2Cl)cc1Cl. The van der Waals surface area contributed by atoms with Gasteiger partial charge in [-0.3, -0.25) is 9.48 Å². The maximum absolute atomic E-state index is 11.7. The second kappa shape index (κ2) is 8.01. The van der Waals surface area contributed by atoms with E-state index in [1.54, 1.807) is 23.0 Å². The number of benzene rings is 1. The van der Waals surface area contributed by atoms with Gasteiger partial charge in [-0.05, 0) is 31.1 Å². The molecule has 0 bridgehead atoms. The molecule has 0 aliphatic carbocycles. The van der Waals surface area contributed by atoms with Gasteiger partial charge in [0.1, 0.15) is 0 Å². The fourth-order valence-corrected chi connectivity index (χ4v) is 2.24. The molecule has 1 aromatic heterocycles. The first-order valence-corrected chi connectivity index (χ1v) is 7.72. The Morgan fingerprint density at radius 3 is 2.77 bits per heavy atom. The Morgan fingerprint density at radius 2 is 2.09 bits per heavy atom. The van der Waals surface area contributed by atoms with Gasteiger partial charge in [0.2, 0.25) is 5.91 Å². The summed E-state index contributed by atoms with van der Waals surface area (Å²) in [4.78, 5) is 11.7. The van der Waals surface area contributed by atoms with Crippen LogP contribution in [0.3, 0.4) is 0 Å². The monoisotopic (exact) mass is 337 g/mol. The number of aryl methyl sites for hydroxylation is 2. The lowest BCUT2D eigenvalue weighted by Crippen LogP contribution is -2.23. The fourth-order valence-electron chi connectivity index (χ4n) is 1.90. The average Bonchev–Trinajstić information content (AvgIpc) is 2.81. The molecular weight excluding hydrogens is 321 g/mol. The molecule has 0 saturated carbocycles. The van der Waals surface area contributed by atoms with Gasteiger partial charge in [0, 0.05) is 30.4 Å². The van der Waals surface area contributed by atoms with E-state index >= 15 is 0 Å². The van der Waals surface area contributed by atoms with Gasteiger partial charge in [-0.15, -0.1) is 0 Å². The van der Waals surface area contributed by atoms with Gasteiger partial charge in [-0.25, -0.2) is 0 Å². The van der Waals surface area contributed by atoms with Crippen molar-refractivity contribution in [3.63, 3.8) is 0 Å². The minimum Gasteiger partial charge on any atom is -0.352 e. The van der Waals surface area contributed by atoms with E-state index in [1.165, 1.54) is 6.08 Å². The van der Waals surface area contributed by atoms with Crippen LogP contribution in [0.4, 0.5) is 0 Å². The van der Waals surface area contributed by atoms with E-state index in [2.05, 4.69) is 10.4 Å². The lowest BCUT2D eigenvalue weighted by atomic mass is 10.2. The highest BCUT2D eigenvalue weighted by Gasteiger charge is 2.02. The summed E-state index contributed by atoms with van der Waals surface area (Å²) < 4.78 is 1.78. The molecule has 0 radical (unpaired) electrons. The third-order valence-electron chi connectivity index (χ3n) is 3.07. The topological polar surface area (TPSA) is 46.9 Å². The molecule has 1 N–H and O–H groups in total. The quantitative estimate of drug-likeness (QED) is 0.645. The molecule has 0 atom stereocenters. The highest BCUT2D eigenvalue weighted by molar-refractivity contribution is 6.32. The van der Waals surface area contributed by atoms with Crippen molar-refractivity contribution in [2.24, 2.45) is 0 Å². The van der Waals surface area contributed by atoms with Crippen molar-refractivity contribution in [1.82, 2.24) is 15.1 Å². The molecule has 2 rings (SSSR count). The number of hydrogen-bond acceptors (Lipinski definition) is 2. The largest absolute Gasteiger partial charge is 0.352 e. The van der Waals surface area contributed by atoms with Gasteiger partial charge in [0.15, 0.2) is 0 Å². The Kier molecular flexibility index (Phi) is 6.04. The van der Waals surface area contributed by atoms with Gasteiger partial charge in [-0.2, -0.15) is 5.10 Å². The molecule has 1 aromatic carbocycles. The van der Waals surface area contributed by atoms with Gasteiger partial charge >= 0.3 is 0 Å². The Hall–Kier alpha value is -1.78. The number of aromatic nitrogens is 2. The summed E-state index contributed by atoms with van der Waals surface area (Å²) in [5, 5.41) is 8.36. The van der Waals surface area contributed by atoms with Crippen molar-refractivity contribution in [2.75, 3.05) is 6.54 Å². The van der Waals surface area contributed by atoms with Crippen LogP contribution in [0, 0.1) is 6.92 Å². The summed E-state index contributed by atoms with van der Waals surface area (Å²) in [5.41, 5.74) is 1.63. The molecule has 0 aliphatic heterocycles. The first kappa shape index (κ1) is 16.6. The molecule has 0 spiro atoms. The van der Waals surface area contributed by atoms with Crippen molar-refractivity contribution in [3.8, 4) is 0 Å². The number of nitrogens with zero attached hydrogens (tertiary/aromatic N) is 2. The van der Waals surface area contributed by atoms with E-state index in [9.17, 15) is 4.79 Å². The van der Waals surface area contributed by atoms with Crippen LogP contribution in [0.5, 0.6) is 0 Å². The van der Waals surface area contributed by atoms with E-state index in [1.807, 2.05) is 25.1 Å². The Labute approximate surface area is 139 Å². The molecule has 0 unspecified atom stereocenters. The molecule has 0 saturated heterocycles. The van der Waals surface area contributed by atoms with E-state index in [0.29, 0.717) is 23.1 Å². The summed E-state index contributed by atoms with van der Waals surface area (Å²) >= 11 is 11.9. The highest BCUT2D eigenvalue weighted by Crippen LogP contribution is 2.16. The molecule has 4 nitrogen and oxygen atoms in total. The standard InChI is InChI=1S/C16H17Cl2N3O/c1-12-15(18)11-21(20-12)10-4-9-19-16(22)8-7-13-5-2-3-6-14(13)17/h2-3,5-8,11H,4,9-10H2,1H3,(H,19,22)/b8-7+. The van der Waals surface area contributed by atoms with Crippen LogP contribution < -0.4 is 5.32 Å². The molecule has 6 heteroatoms. The molecule has 0 fully saturated rings. The summed E-state index contributed by atoms with van der Waals surface area (Å²) in [7, 11) is 0. The maximum atomic E-state index is 11.7. The summed E-state index contributed by atoms with van der Waals surface area (Å²) in [5.74, 6) is -0.144. The predicted molar refractivity (Wildman–Crippen MR) is 90.1 cm³/mol. The smallest absolute Gasteiger partial charge is 0.244 e. The lowest BCUT2D eigenvalue weighted by molar-refractivity contribution is -0.116. The van der Waals surface area contributed by atoms with Gasteiger partial charge in [0.25, 0.3) is 0 Å². The number of amides is 1. The third-order valence-corrected chi connectivity index (χ3v) is 3.78. The van der Waals surface area contributed by atoms with Gasteiger partial charge in [0.05, 0.1) is 10.7 Å². The van der Waals surface area contributed by atoms with Crippen molar-refractivity contribution in [2.45, 2.75) is 19.9 Å². The Balaban J connectivity index is 1.73. The molecule has 2 aromatic rings. The Morgan fingerprint density at radius 1 is 1.32 bits per heavy atom. The first-order valence-electron chi connectivity index (χ1n) is 6.96. The number of halogens is 2. The molecular formula is C16H17Cl2N3O. The maximum Gasteiger partial charge on any atom is 0.244 e. The van der Waals surface area contributed by atoms with Crippen LogP contribution in [0.1, 0.15) is 17.7 Å². The highest BCUT2D eigenvalue weighted by atomic mass is 35.5. The summed E-state index contributed by atoms with van der Waals surface area (Å²) in [6.07, 6.45) is 5.75. The number of carbonyl (C=O) groups excluding carboxylic acids is 1. The van der Waals surface area contributed by atoms with Crippen molar-refractivity contribution in [3.05, 3.63) is 57.8 Å². The van der Waals surface area contributed by atoms with Crippen LogP contribution in [0.2, 0.25) is 10.0 Å². The summed E-state index contributed by atoms with van der Waals surface area (Å²) in [6, 6.07) is 7.37. The minimum absolute atomic E-state index is 0.144. The zero-order chi connectivity index (χ0) is 15.9. The zero-order valence-electron chi connectivity index (χ0n) is 12.2. The summed E-state index contributed by atoms with van der Waals surface area (Å²) in [6.45, 7) is 3.14. The number of nitrogens with one attached hydrogen (secondary N) is 1. The van der Waals surface area contributed by atoms with E-state index in [-0.39, 0.29) is 5.91 Å². The normalized spacial score (nSPS) is 11.0. The van der Waals surface area contributed by atoms with E-state index < -0.39 is 0 Å². The lowest BCUT2D eigenvalue weighted by Gasteiger charge is -2.03. The van der Waals surface area contributed by atoms with Crippen LogP contribution in [0.25, 0.3) is 6.08 Å².